The fourth-order valence-corrected chi connectivity index (χ4v) is 2.53. The number of carboxylic acids is 1. The van der Waals surface area contributed by atoms with Crippen molar-refractivity contribution in [3.05, 3.63) is 29.3 Å². The molecule has 1 aromatic carbocycles. The first-order valence-electron chi connectivity index (χ1n) is 6.37. The number of halogens is 2. The standard InChI is InChI=1S/C14H17F2NO2/c1-8(2)9-3-4-17(7-9)13-11(15)5-10(14(18)19)6-12(13)16/h5-6,8-9H,3-4,7H2,1-2H3,(H,18,19). The van der Waals surface area contributed by atoms with Crippen LogP contribution in [-0.4, -0.2) is 24.2 Å². The predicted octanol–water partition coefficient (Wildman–Crippen LogP) is 3.15. The van der Waals surface area contributed by atoms with Crippen LogP contribution in [0.1, 0.15) is 30.6 Å². The third kappa shape index (κ3) is 2.69. The van der Waals surface area contributed by atoms with Gasteiger partial charge in [0, 0.05) is 13.1 Å². The molecule has 1 aromatic rings. The quantitative estimate of drug-likeness (QED) is 0.916. The van der Waals surface area contributed by atoms with E-state index in [1.54, 1.807) is 4.90 Å². The zero-order chi connectivity index (χ0) is 14.2. The van der Waals surface area contributed by atoms with Gasteiger partial charge >= 0.3 is 5.97 Å². The van der Waals surface area contributed by atoms with Crippen LogP contribution in [0.25, 0.3) is 0 Å². The number of benzene rings is 1. The normalized spacial score (nSPS) is 19.2. The summed E-state index contributed by atoms with van der Waals surface area (Å²) in [5, 5.41) is 8.76. The predicted molar refractivity (Wildman–Crippen MR) is 68.5 cm³/mol. The van der Waals surface area contributed by atoms with Gasteiger partial charge in [0.05, 0.1) is 5.56 Å². The highest BCUT2D eigenvalue weighted by Crippen LogP contribution is 2.32. The molecule has 0 radical (unpaired) electrons. The van der Waals surface area contributed by atoms with Crippen molar-refractivity contribution in [2.75, 3.05) is 18.0 Å². The smallest absolute Gasteiger partial charge is 0.335 e. The molecule has 5 heteroatoms. The second kappa shape index (κ2) is 5.15. The van der Waals surface area contributed by atoms with Gasteiger partial charge < -0.3 is 10.0 Å². The lowest BCUT2D eigenvalue weighted by Crippen LogP contribution is -2.23. The Morgan fingerprint density at radius 2 is 1.95 bits per heavy atom. The fourth-order valence-electron chi connectivity index (χ4n) is 2.53. The SMILES string of the molecule is CC(C)C1CCN(c2c(F)cc(C(=O)O)cc2F)C1. The van der Waals surface area contributed by atoms with Crippen molar-refractivity contribution in [2.24, 2.45) is 11.8 Å². The third-order valence-electron chi connectivity index (χ3n) is 3.75. The number of hydrogen-bond donors (Lipinski definition) is 1. The minimum absolute atomic E-state index is 0.104. The second-order valence-electron chi connectivity index (χ2n) is 5.33. The maximum Gasteiger partial charge on any atom is 0.335 e. The molecule has 2 rings (SSSR count). The Bertz CT molecular complexity index is 479. The number of hydrogen-bond acceptors (Lipinski definition) is 2. The molecule has 0 aromatic heterocycles. The topological polar surface area (TPSA) is 40.5 Å². The summed E-state index contributed by atoms with van der Waals surface area (Å²) in [5.74, 6) is -2.05. The summed E-state index contributed by atoms with van der Waals surface area (Å²) < 4.78 is 27.8. The highest BCUT2D eigenvalue weighted by atomic mass is 19.1. The number of nitrogens with zero attached hydrogens (tertiary/aromatic N) is 1. The first kappa shape index (κ1) is 13.8. The number of carboxylic acid groups (broad SMARTS) is 1. The van der Waals surface area contributed by atoms with Gasteiger partial charge in [0.25, 0.3) is 0 Å². The molecule has 1 N–H and O–H groups in total. The summed E-state index contributed by atoms with van der Waals surface area (Å²) in [6.45, 7) is 5.39. The summed E-state index contributed by atoms with van der Waals surface area (Å²) in [6, 6.07) is 1.76. The summed E-state index contributed by atoms with van der Waals surface area (Å²) in [4.78, 5) is 12.4. The van der Waals surface area contributed by atoms with Crippen molar-refractivity contribution >= 4 is 11.7 Å². The molecule has 0 amide bonds. The summed E-state index contributed by atoms with van der Waals surface area (Å²) in [6.07, 6.45) is 0.900. The van der Waals surface area contributed by atoms with Gasteiger partial charge in [0.2, 0.25) is 0 Å². The number of carbonyl (C=O) groups is 1. The lowest BCUT2D eigenvalue weighted by Gasteiger charge is -2.21. The number of anilines is 1. The van der Waals surface area contributed by atoms with Crippen molar-refractivity contribution in [1.29, 1.82) is 0 Å². The Balaban J connectivity index is 2.29. The molecule has 104 valence electrons. The van der Waals surface area contributed by atoms with Crippen LogP contribution in [0.15, 0.2) is 12.1 Å². The zero-order valence-corrected chi connectivity index (χ0v) is 11.0. The molecule has 0 saturated carbocycles. The van der Waals surface area contributed by atoms with Gasteiger partial charge in [-0.2, -0.15) is 0 Å². The van der Waals surface area contributed by atoms with Crippen molar-refractivity contribution < 1.29 is 18.7 Å². The minimum atomic E-state index is -1.33. The van der Waals surface area contributed by atoms with Crippen LogP contribution in [0.2, 0.25) is 0 Å². The van der Waals surface area contributed by atoms with E-state index in [0.717, 1.165) is 18.6 Å². The molecule has 0 spiro atoms. The van der Waals surface area contributed by atoms with Gasteiger partial charge in [-0.25, -0.2) is 13.6 Å². The van der Waals surface area contributed by atoms with Gasteiger partial charge in [-0.05, 0) is 30.4 Å². The van der Waals surface area contributed by atoms with E-state index in [9.17, 15) is 13.6 Å². The minimum Gasteiger partial charge on any atom is -0.478 e. The van der Waals surface area contributed by atoms with Crippen LogP contribution in [0, 0.1) is 23.5 Å². The van der Waals surface area contributed by atoms with E-state index >= 15 is 0 Å². The van der Waals surface area contributed by atoms with Crippen LogP contribution >= 0.6 is 0 Å². The zero-order valence-electron chi connectivity index (χ0n) is 11.0. The van der Waals surface area contributed by atoms with E-state index in [4.69, 9.17) is 5.11 Å². The molecule has 1 aliphatic heterocycles. The third-order valence-corrected chi connectivity index (χ3v) is 3.75. The van der Waals surface area contributed by atoms with Crippen molar-refractivity contribution in [3.63, 3.8) is 0 Å². The lowest BCUT2D eigenvalue weighted by atomic mass is 9.95. The van der Waals surface area contributed by atoms with Crippen LogP contribution in [0.4, 0.5) is 14.5 Å². The summed E-state index contributed by atoms with van der Waals surface area (Å²) in [7, 11) is 0. The Hall–Kier alpha value is -1.65. The van der Waals surface area contributed by atoms with Crippen LogP contribution in [0.5, 0.6) is 0 Å². The molecule has 1 aliphatic rings. The van der Waals surface area contributed by atoms with Crippen molar-refractivity contribution in [2.45, 2.75) is 20.3 Å². The molecular formula is C14H17F2NO2. The Morgan fingerprint density at radius 3 is 2.37 bits per heavy atom. The molecule has 1 atom stereocenters. The Kier molecular flexibility index (Phi) is 3.73. The molecule has 0 bridgehead atoms. The maximum absolute atomic E-state index is 13.9. The van der Waals surface area contributed by atoms with Gasteiger partial charge in [-0.3, -0.25) is 0 Å². The second-order valence-corrected chi connectivity index (χ2v) is 5.33. The van der Waals surface area contributed by atoms with E-state index in [-0.39, 0.29) is 11.3 Å². The molecular weight excluding hydrogens is 252 g/mol. The van der Waals surface area contributed by atoms with Crippen LogP contribution in [0.3, 0.4) is 0 Å². The molecule has 1 saturated heterocycles. The highest BCUT2D eigenvalue weighted by Gasteiger charge is 2.29. The highest BCUT2D eigenvalue weighted by molar-refractivity contribution is 5.88. The maximum atomic E-state index is 13.9. The monoisotopic (exact) mass is 269 g/mol. The van der Waals surface area contributed by atoms with Gasteiger partial charge in [-0.15, -0.1) is 0 Å². The Labute approximate surface area is 110 Å². The molecule has 1 heterocycles. The fraction of sp³-hybridized carbons (Fsp3) is 0.500. The van der Waals surface area contributed by atoms with E-state index in [0.29, 0.717) is 24.9 Å². The van der Waals surface area contributed by atoms with Gasteiger partial charge in [0.1, 0.15) is 17.3 Å². The molecule has 3 nitrogen and oxygen atoms in total. The largest absolute Gasteiger partial charge is 0.478 e. The van der Waals surface area contributed by atoms with Gasteiger partial charge in [0.15, 0.2) is 0 Å². The lowest BCUT2D eigenvalue weighted by molar-refractivity contribution is 0.0696. The average molecular weight is 269 g/mol. The molecule has 0 aliphatic carbocycles. The van der Waals surface area contributed by atoms with E-state index in [2.05, 4.69) is 13.8 Å². The summed E-state index contributed by atoms with van der Waals surface area (Å²) >= 11 is 0. The first-order valence-corrected chi connectivity index (χ1v) is 6.37. The van der Waals surface area contributed by atoms with E-state index in [1.807, 2.05) is 0 Å². The Morgan fingerprint density at radius 1 is 1.37 bits per heavy atom. The first-order chi connectivity index (χ1) is 8.90. The van der Waals surface area contributed by atoms with Crippen LogP contribution in [-0.2, 0) is 0 Å². The summed E-state index contributed by atoms with van der Waals surface area (Å²) in [5.41, 5.74) is -0.466. The molecule has 1 fully saturated rings. The number of rotatable bonds is 3. The molecule has 1 unspecified atom stereocenters. The van der Waals surface area contributed by atoms with Crippen LogP contribution < -0.4 is 4.90 Å². The van der Waals surface area contributed by atoms with E-state index < -0.39 is 17.6 Å². The van der Waals surface area contributed by atoms with Crippen molar-refractivity contribution in [3.8, 4) is 0 Å². The molecule has 19 heavy (non-hydrogen) atoms. The van der Waals surface area contributed by atoms with Crippen molar-refractivity contribution in [1.82, 2.24) is 0 Å². The van der Waals surface area contributed by atoms with E-state index in [1.165, 1.54) is 0 Å². The van der Waals surface area contributed by atoms with Gasteiger partial charge in [-0.1, -0.05) is 13.8 Å². The average Bonchev–Trinajstić information content (AvgIpc) is 2.77. The number of aromatic carboxylic acids is 1.